The molecule has 4 heteroatoms. The molecule has 0 amide bonds. The van der Waals surface area contributed by atoms with E-state index in [2.05, 4.69) is 6.07 Å². The van der Waals surface area contributed by atoms with E-state index in [9.17, 15) is 13.2 Å². The Morgan fingerprint density at radius 2 is 1.59 bits per heavy atom. The second kappa shape index (κ2) is 4.41. The van der Waals surface area contributed by atoms with Crippen molar-refractivity contribution in [1.29, 1.82) is 0 Å². The predicted octanol–water partition coefficient (Wildman–Crippen LogP) is 4.83. The van der Waals surface area contributed by atoms with Crippen molar-refractivity contribution in [2.75, 3.05) is 0 Å². The summed E-state index contributed by atoms with van der Waals surface area (Å²) in [7, 11) is 0. The summed E-state index contributed by atoms with van der Waals surface area (Å²) < 4.78 is 37.5. The number of alkyl halides is 3. The summed E-state index contributed by atoms with van der Waals surface area (Å²) in [5, 5.41) is 0.548. The molecule has 2 rings (SSSR count). The van der Waals surface area contributed by atoms with Gasteiger partial charge >= 0.3 is 6.18 Å². The Bertz CT molecular complexity index is 515. The minimum atomic E-state index is -4.37. The Hall–Kier alpha value is -1.48. The van der Waals surface area contributed by atoms with Crippen molar-refractivity contribution < 1.29 is 13.2 Å². The normalized spacial score (nSPS) is 11.5. The van der Waals surface area contributed by atoms with Gasteiger partial charge in [0, 0.05) is 5.02 Å². The van der Waals surface area contributed by atoms with Gasteiger partial charge in [-0.25, -0.2) is 0 Å². The number of benzene rings is 2. The fourth-order valence-corrected chi connectivity index (χ4v) is 1.58. The van der Waals surface area contributed by atoms with Gasteiger partial charge < -0.3 is 0 Å². The quantitative estimate of drug-likeness (QED) is 0.685. The largest absolute Gasteiger partial charge is 0.417 e. The number of hydrogen-bond acceptors (Lipinski definition) is 0. The van der Waals surface area contributed by atoms with Crippen LogP contribution in [0.4, 0.5) is 13.2 Å². The van der Waals surface area contributed by atoms with Gasteiger partial charge in [-0.2, -0.15) is 13.2 Å². The summed E-state index contributed by atoms with van der Waals surface area (Å²) >= 11 is 5.72. The lowest BCUT2D eigenvalue weighted by Crippen LogP contribution is -2.04. The average molecular weight is 256 g/mol. The Morgan fingerprint density at radius 3 is 2.18 bits per heavy atom. The molecule has 0 spiro atoms. The first-order valence-corrected chi connectivity index (χ1v) is 5.19. The summed E-state index contributed by atoms with van der Waals surface area (Å²) in [6, 6.07) is 12.7. The second-order valence-electron chi connectivity index (χ2n) is 3.50. The highest BCUT2D eigenvalue weighted by molar-refractivity contribution is 6.30. The number of hydrogen-bond donors (Lipinski definition) is 0. The molecule has 0 bridgehead atoms. The highest BCUT2D eigenvalue weighted by Crippen LogP contribution is 2.31. The monoisotopic (exact) mass is 255 g/mol. The molecule has 0 aliphatic heterocycles. The first-order valence-electron chi connectivity index (χ1n) is 4.82. The molecule has 17 heavy (non-hydrogen) atoms. The van der Waals surface area contributed by atoms with Gasteiger partial charge in [0.2, 0.25) is 0 Å². The second-order valence-corrected chi connectivity index (χ2v) is 3.93. The first-order chi connectivity index (χ1) is 7.97. The van der Waals surface area contributed by atoms with Crippen LogP contribution in [0.3, 0.4) is 0 Å². The Kier molecular flexibility index (Phi) is 3.11. The van der Waals surface area contributed by atoms with Crippen molar-refractivity contribution in [1.82, 2.24) is 0 Å². The lowest BCUT2D eigenvalue weighted by atomic mass is 10.0. The minimum absolute atomic E-state index is 0.493. The van der Waals surface area contributed by atoms with Gasteiger partial charge in [0.1, 0.15) is 0 Å². The van der Waals surface area contributed by atoms with Crippen molar-refractivity contribution in [2.45, 2.75) is 6.18 Å². The zero-order valence-electron chi connectivity index (χ0n) is 8.55. The standard InChI is InChI=1S/C13H7ClF3/c14-12-6-4-9(5-7-12)10-2-1-3-11(8-10)13(15,16)17/h1-2,4-8H. The van der Waals surface area contributed by atoms with E-state index in [1.807, 2.05) is 0 Å². The molecule has 87 valence electrons. The molecule has 2 aromatic carbocycles. The van der Waals surface area contributed by atoms with Crippen LogP contribution < -0.4 is 0 Å². The van der Waals surface area contributed by atoms with E-state index < -0.39 is 11.7 Å². The van der Waals surface area contributed by atoms with Crippen LogP contribution in [0.25, 0.3) is 11.1 Å². The summed E-state index contributed by atoms with van der Waals surface area (Å²) in [6.07, 6.45) is -4.37. The molecule has 0 saturated heterocycles. The van der Waals surface area contributed by atoms with E-state index in [4.69, 9.17) is 11.6 Å². The van der Waals surface area contributed by atoms with Crippen molar-refractivity contribution in [2.24, 2.45) is 0 Å². The summed E-state index contributed by atoms with van der Waals surface area (Å²) in [5.41, 5.74) is 0.409. The summed E-state index contributed by atoms with van der Waals surface area (Å²) in [6.45, 7) is 0. The third kappa shape index (κ3) is 2.80. The maximum Gasteiger partial charge on any atom is 0.417 e. The van der Waals surface area contributed by atoms with E-state index in [1.54, 1.807) is 30.3 Å². The third-order valence-corrected chi connectivity index (χ3v) is 2.54. The third-order valence-electron chi connectivity index (χ3n) is 2.28. The predicted molar refractivity (Wildman–Crippen MR) is 60.7 cm³/mol. The van der Waals surface area contributed by atoms with Crippen molar-refractivity contribution in [3.63, 3.8) is 0 Å². The molecule has 0 fully saturated rings. The van der Waals surface area contributed by atoms with Gasteiger partial charge in [-0.15, -0.1) is 0 Å². The molecular weight excluding hydrogens is 249 g/mol. The maximum atomic E-state index is 12.5. The maximum absolute atomic E-state index is 12.5. The fourth-order valence-electron chi connectivity index (χ4n) is 1.45. The number of rotatable bonds is 1. The zero-order chi connectivity index (χ0) is 12.5. The lowest BCUT2D eigenvalue weighted by Gasteiger charge is -2.08. The van der Waals surface area contributed by atoms with Crippen LogP contribution in [0.5, 0.6) is 0 Å². The van der Waals surface area contributed by atoms with Crippen LogP contribution in [0, 0.1) is 6.07 Å². The molecule has 1 radical (unpaired) electrons. The van der Waals surface area contributed by atoms with Crippen LogP contribution in [0.15, 0.2) is 42.5 Å². The Balaban J connectivity index is 2.43. The van der Waals surface area contributed by atoms with Crippen LogP contribution in [0.2, 0.25) is 5.02 Å². The molecule has 0 saturated carbocycles. The van der Waals surface area contributed by atoms with Crippen LogP contribution in [-0.4, -0.2) is 0 Å². The van der Waals surface area contributed by atoms with Crippen LogP contribution >= 0.6 is 11.6 Å². The smallest absolute Gasteiger partial charge is 0.166 e. The molecule has 0 nitrogen and oxygen atoms in total. The Morgan fingerprint density at radius 1 is 0.941 bits per heavy atom. The minimum Gasteiger partial charge on any atom is -0.166 e. The van der Waals surface area contributed by atoms with E-state index in [0.29, 0.717) is 16.1 Å². The molecule has 0 aliphatic carbocycles. The van der Waals surface area contributed by atoms with E-state index >= 15 is 0 Å². The Labute approximate surface area is 102 Å². The molecule has 0 N–H and O–H groups in total. The molecule has 0 aromatic heterocycles. The van der Waals surface area contributed by atoms with Gasteiger partial charge in [-0.1, -0.05) is 35.9 Å². The lowest BCUT2D eigenvalue weighted by molar-refractivity contribution is -0.137. The van der Waals surface area contributed by atoms with Crippen LogP contribution in [-0.2, 0) is 6.18 Å². The average Bonchev–Trinajstić information content (AvgIpc) is 2.29. The van der Waals surface area contributed by atoms with Crippen molar-refractivity contribution >= 4 is 11.6 Å². The molecule has 0 atom stereocenters. The molecule has 0 aliphatic rings. The summed E-state index contributed by atoms with van der Waals surface area (Å²) in [4.78, 5) is 0. The fraction of sp³-hybridized carbons (Fsp3) is 0.0769. The van der Waals surface area contributed by atoms with Gasteiger partial charge in [0.25, 0.3) is 0 Å². The zero-order valence-corrected chi connectivity index (χ0v) is 9.31. The number of halogens is 4. The van der Waals surface area contributed by atoms with Crippen molar-refractivity contribution in [3.05, 3.63) is 59.1 Å². The SMILES string of the molecule is FC(F)(F)c1[c]ccc(-c2ccc(Cl)cc2)c1. The van der Waals surface area contributed by atoms with Gasteiger partial charge in [0.15, 0.2) is 0 Å². The molecule has 0 unspecified atom stereocenters. The van der Waals surface area contributed by atoms with Crippen molar-refractivity contribution in [3.8, 4) is 11.1 Å². The van der Waals surface area contributed by atoms with Gasteiger partial charge in [-0.3, -0.25) is 0 Å². The van der Waals surface area contributed by atoms with E-state index in [0.717, 1.165) is 6.07 Å². The molecule has 0 heterocycles. The topological polar surface area (TPSA) is 0 Å². The van der Waals surface area contributed by atoms with Gasteiger partial charge in [0.05, 0.1) is 5.56 Å². The highest BCUT2D eigenvalue weighted by Gasteiger charge is 2.30. The summed E-state index contributed by atoms with van der Waals surface area (Å²) in [5.74, 6) is 0. The molecule has 2 aromatic rings. The highest BCUT2D eigenvalue weighted by atomic mass is 35.5. The van der Waals surface area contributed by atoms with E-state index in [-0.39, 0.29) is 0 Å². The molecular formula is C13H7ClF3. The van der Waals surface area contributed by atoms with E-state index in [1.165, 1.54) is 6.07 Å². The van der Waals surface area contributed by atoms with Gasteiger partial charge in [-0.05, 0) is 35.4 Å². The first kappa shape index (κ1) is 12.0. The van der Waals surface area contributed by atoms with Crippen LogP contribution in [0.1, 0.15) is 5.56 Å².